The third kappa shape index (κ3) is 4.59. The number of carbonyl (C=O) groups excluding carboxylic acids is 2. The van der Waals surface area contributed by atoms with Crippen LogP contribution in [-0.2, 0) is 18.4 Å². The molecule has 0 unspecified atom stereocenters. The summed E-state index contributed by atoms with van der Waals surface area (Å²) in [6.07, 6.45) is 5.40. The SMILES string of the molecule is Cc1ccc(CNC(=O)C=Cc2ccc(C(=O)NC3CC3)cc2)n1C. The highest BCUT2D eigenvalue weighted by Gasteiger charge is 2.23. The smallest absolute Gasteiger partial charge is 0.251 e. The van der Waals surface area contributed by atoms with Crippen LogP contribution in [-0.4, -0.2) is 22.4 Å². The Hall–Kier alpha value is -2.82. The molecular weight excluding hydrogens is 314 g/mol. The van der Waals surface area contributed by atoms with E-state index < -0.39 is 0 Å². The molecule has 0 atom stereocenters. The van der Waals surface area contributed by atoms with E-state index in [9.17, 15) is 9.59 Å². The maximum absolute atomic E-state index is 11.9. The minimum absolute atomic E-state index is 0.0337. The highest BCUT2D eigenvalue weighted by molar-refractivity contribution is 5.95. The summed E-state index contributed by atoms with van der Waals surface area (Å²) in [5.74, 6) is -0.178. The number of nitrogens with one attached hydrogen (secondary N) is 2. The van der Waals surface area contributed by atoms with E-state index in [2.05, 4.69) is 15.2 Å². The number of aromatic nitrogens is 1. The fourth-order valence-corrected chi connectivity index (χ4v) is 2.49. The van der Waals surface area contributed by atoms with E-state index in [-0.39, 0.29) is 11.8 Å². The Morgan fingerprint density at radius 3 is 2.48 bits per heavy atom. The first-order valence-corrected chi connectivity index (χ1v) is 8.51. The molecule has 5 heteroatoms. The van der Waals surface area contributed by atoms with Gasteiger partial charge in [-0.3, -0.25) is 9.59 Å². The summed E-state index contributed by atoms with van der Waals surface area (Å²) < 4.78 is 2.05. The van der Waals surface area contributed by atoms with E-state index in [1.54, 1.807) is 18.2 Å². The molecule has 0 spiro atoms. The van der Waals surface area contributed by atoms with Gasteiger partial charge in [-0.05, 0) is 55.7 Å². The summed E-state index contributed by atoms with van der Waals surface area (Å²) in [4.78, 5) is 23.9. The molecule has 1 saturated carbocycles. The molecular formula is C20H23N3O2. The van der Waals surface area contributed by atoms with E-state index in [1.807, 2.05) is 38.2 Å². The van der Waals surface area contributed by atoms with Crippen molar-refractivity contribution in [3.63, 3.8) is 0 Å². The molecule has 1 aromatic heterocycles. The van der Waals surface area contributed by atoms with Crippen LogP contribution in [0.1, 0.15) is 40.2 Å². The van der Waals surface area contributed by atoms with Crippen LogP contribution in [0.15, 0.2) is 42.5 Å². The molecule has 0 radical (unpaired) electrons. The first kappa shape index (κ1) is 17.0. The number of hydrogen-bond acceptors (Lipinski definition) is 2. The third-order valence-corrected chi connectivity index (χ3v) is 4.43. The van der Waals surface area contributed by atoms with Crippen molar-refractivity contribution in [2.45, 2.75) is 32.4 Å². The molecule has 2 N–H and O–H groups in total. The average molecular weight is 337 g/mol. The maximum atomic E-state index is 11.9. The Morgan fingerprint density at radius 2 is 1.88 bits per heavy atom. The van der Waals surface area contributed by atoms with E-state index >= 15 is 0 Å². The maximum Gasteiger partial charge on any atom is 0.251 e. The zero-order valence-corrected chi connectivity index (χ0v) is 14.6. The largest absolute Gasteiger partial charge is 0.350 e. The number of nitrogens with zero attached hydrogens (tertiary/aromatic N) is 1. The summed E-state index contributed by atoms with van der Waals surface area (Å²) in [7, 11) is 1.98. The first-order valence-electron chi connectivity index (χ1n) is 8.51. The van der Waals surface area contributed by atoms with Crippen molar-refractivity contribution >= 4 is 17.9 Å². The van der Waals surface area contributed by atoms with E-state index in [4.69, 9.17) is 0 Å². The fourth-order valence-electron chi connectivity index (χ4n) is 2.49. The molecule has 1 heterocycles. The molecule has 1 aliphatic carbocycles. The first-order chi connectivity index (χ1) is 12.0. The van der Waals surface area contributed by atoms with Crippen molar-refractivity contribution in [1.82, 2.24) is 15.2 Å². The van der Waals surface area contributed by atoms with Gasteiger partial charge in [-0.1, -0.05) is 12.1 Å². The van der Waals surface area contributed by atoms with Crippen molar-refractivity contribution in [2.75, 3.05) is 0 Å². The van der Waals surface area contributed by atoms with Crippen LogP contribution in [0.4, 0.5) is 0 Å². The number of carbonyl (C=O) groups is 2. The van der Waals surface area contributed by atoms with Crippen LogP contribution >= 0.6 is 0 Å². The number of rotatable bonds is 6. The fraction of sp³-hybridized carbons (Fsp3) is 0.300. The Kier molecular flexibility index (Phi) is 5.03. The van der Waals surface area contributed by atoms with E-state index in [0.717, 1.165) is 29.8 Å². The monoisotopic (exact) mass is 337 g/mol. The Labute approximate surface area is 147 Å². The van der Waals surface area contributed by atoms with Crippen LogP contribution in [0.2, 0.25) is 0 Å². The zero-order chi connectivity index (χ0) is 17.8. The van der Waals surface area contributed by atoms with Gasteiger partial charge in [-0.2, -0.15) is 0 Å². The summed E-state index contributed by atoms with van der Waals surface area (Å²) in [6.45, 7) is 2.52. The highest BCUT2D eigenvalue weighted by Crippen LogP contribution is 2.19. The van der Waals surface area contributed by atoms with Crippen molar-refractivity contribution in [3.05, 3.63) is 65.0 Å². The molecule has 1 fully saturated rings. The second kappa shape index (κ2) is 7.38. The zero-order valence-electron chi connectivity index (χ0n) is 14.6. The topological polar surface area (TPSA) is 63.1 Å². The molecule has 1 aromatic carbocycles. The number of aryl methyl sites for hydroxylation is 1. The number of amides is 2. The van der Waals surface area contributed by atoms with Crippen LogP contribution in [0.25, 0.3) is 6.08 Å². The normalized spacial score (nSPS) is 13.8. The lowest BCUT2D eigenvalue weighted by molar-refractivity contribution is -0.116. The van der Waals surface area contributed by atoms with Crippen LogP contribution in [0.3, 0.4) is 0 Å². The van der Waals surface area contributed by atoms with Gasteiger partial charge in [0, 0.05) is 36.1 Å². The standard InChI is InChI=1S/C20H23N3O2/c1-14-3-11-18(23(14)2)13-21-19(24)12-6-15-4-7-16(8-5-15)20(25)22-17-9-10-17/h3-8,11-12,17H,9-10,13H2,1-2H3,(H,21,24)(H,22,25). The Balaban J connectivity index is 1.51. The van der Waals surface area contributed by atoms with Gasteiger partial charge in [0.15, 0.2) is 0 Å². The van der Waals surface area contributed by atoms with Crippen molar-refractivity contribution < 1.29 is 9.59 Å². The molecule has 0 saturated heterocycles. The minimum Gasteiger partial charge on any atom is -0.350 e. The van der Waals surface area contributed by atoms with Crippen LogP contribution < -0.4 is 10.6 Å². The molecule has 130 valence electrons. The van der Waals surface area contributed by atoms with Gasteiger partial charge >= 0.3 is 0 Å². The molecule has 1 aliphatic rings. The molecule has 3 rings (SSSR count). The molecule has 5 nitrogen and oxygen atoms in total. The molecule has 0 bridgehead atoms. The van der Waals surface area contributed by atoms with Gasteiger partial charge in [-0.25, -0.2) is 0 Å². The number of benzene rings is 1. The Morgan fingerprint density at radius 1 is 1.16 bits per heavy atom. The third-order valence-electron chi connectivity index (χ3n) is 4.43. The van der Waals surface area contributed by atoms with Crippen LogP contribution in [0, 0.1) is 6.92 Å². The quantitative estimate of drug-likeness (QED) is 0.796. The second-order valence-corrected chi connectivity index (χ2v) is 6.45. The van der Waals surface area contributed by atoms with Crippen molar-refractivity contribution in [1.29, 1.82) is 0 Å². The molecule has 2 amide bonds. The van der Waals surface area contributed by atoms with Gasteiger partial charge in [-0.15, -0.1) is 0 Å². The Bertz CT molecular complexity index is 799. The minimum atomic E-state index is -0.144. The van der Waals surface area contributed by atoms with Crippen molar-refractivity contribution in [2.24, 2.45) is 7.05 Å². The number of hydrogen-bond donors (Lipinski definition) is 2. The molecule has 0 aliphatic heterocycles. The summed E-state index contributed by atoms with van der Waals surface area (Å²) in [5, 5.41) is 5.83. The summed E-state index contributed by atoms with van der Waals surface area (Å²) in [5.41, 5.74) is 3.75. The van der Waals surface area contributed by atoms with Gasteiger partial charge in [0.25, 0.3) is 5.91 Å². The molecule has 2 aromatic rings. The lowest BCUT2D eigenvalue weighted by Crippen LogP contribution is -2.25. The van der Waals surface area contributed by atoms with E-state index in [0.29, 0.717) is 18.2 Å². The van der Waals surface area contributed by atoms with Gasteiger partial charge in [0.05, 0.1) is 6.54 Å². The summed E-state index contributed by atoms with van der Waals surface area (Å²) in [6, 6.07) is 11.6. The lowest BCUT2D eigenvalue weighted by Gasteiger charge is -2.06. The van der Waals surface area contributed by atoms with Gasteiger partial charge in [0.1, 0.15) is 0 Å². The highest BCUT2D eigenvalue weighted by atomic mass is 16.2. The van der Waals surface area contributed by atoms with Crippen molar-refractivity contribution in [3.8, 4) is 0 Å². The molecule has 25 heavy (non-hydrogen) atoms. The summed E-state index contributed by atoms with van der Waals surface area (Å²) >= 11 is 0. The van der Waals surface area contributed by atoms with Crippen LogP contribution in [0.5, 0.6) is 0 Å². The van der Waals surface area contributed by atoms with Gasteiger partial charge in [0.2, 0.25) is 5.91 Å². The predicted molar refractivity (Wildman–Crippen MR) is 98.0 cm³/mol. The lowest BCUT2D eigenvalue weighted by atomic mass is 10.1. The van der Waals surface area contributed by atoms with E-state index in [1.165, 1.54) is 6.08 Å². The predicted octanol–water partition coefficient (Wildman–Crippen LogP) is 2.56. The average Bonchev–Trinajstić information content (AvgIpc) is 3.37. The van der Waals surface area contributed by atoms with Gasteiger partial charge < -0.3 is 15.2 Å². The second-order valence-electron chi connectivity index (χ2n) is 6.45.